The first kappa shape index (κ1) is 29.3. The van der Waals surface area contributed by atoms with E-state index in [0.29, 0.717) is 23.3 Å². The molecule has 0 aromatic heterocycles. The lowest BCUT2D eigenvalue weighted by atomic mass is 10.1. The maximum atomic E-state index is 10.8. The van der Waals surface area contributed by atoms with Gasteiger partial charge in [0.25, 0.3) is 0 Å². The van der Waals surface area contributed by atoms with Crippen LogP contribution < -0.4 is 10.0 Å². The topological polar surface area (TPSA) is 96.0 Å². The molecule has 0 saturated carbocycles. The minimum atomic E-state index is -2.78. The first-order chi connectivity index (χ1) is 14.6. The summed E-state index contributed by atoms with van der Waals surface area (Å²) in [6.45, 7) is 4.08. The number of benzene rings is 2. The van der Waals surface area contributed by atoms with Crippen LogP contribution in [0.5, 0.6) is 0 Å². The van der Waals surface area contributed by atoms with E-state index in [1.807, 2.05) is 100 Å². The predicted molar refractivity (Wildman–Crippen MR) is 119 cm³/mol. The monoisotopic (exact) mass is 470 g/mol. The standard InChI is InChI=1S/2C10H14NOS.BFO3/c2*1-8-4-6-9(7-5-8)10(13-12)11(2)3;2-5-1(3)4/h2*4-7,10H,1-3H3;/q2*+1;-2. The molecule has 0 aliphatic heterocycles. The van der Waals surface area contributed by atoms with Crippen LogP contribution in [-0.4, -0.2) is 45.3 Å². The highest BCUT2D eigenvalue weighted by atomic mass is 32.1. The number of nitrogens with zero attached hydrogens (tertiary/aromatic N) is 2. The highest BCUT2D eigenvalue weighted by Gasteiger charge is 2.26. The van der Waals surface area contributed by atoms with Crippen molar-refractivity contribution < 1.29 is 27.9 Å². The zero-order valence-corrected chi connectivity index (χ0v) is 20.1. The summed E-state index contributed by atoms with van der Waals surface area (Å²) in [5.41, 5.74) is 4.57. The van der Waals surface area contributed by atoms with E-state index < -0.39 is 7.32 Å². The number of hydrogen-bond donors (Lipinski definition) is 0. The molecular formula is C20H28BFN2O5S2. The fraction of sp³-hybridized carbons (Fsp3) is 0.400. The van der Waals surface area contributed by atoms with Crippen LogP contribution in [0, 0.1) is 13.8 Å². The summed E-state index contributed by atoms with van der Waals surface area (Å²) in [5, 5.41) is 17.3. The van der Waals surface area contributed by atoms with Gasteiger partial charge in [0, 0.05) is 19.5 Å². The number of aryl methyl sites for hydroxylation is 2. The molecule has 0 saturated heterocycles. The molecule has 0 bridgehead atoms. The van der Waals surface area contributed by atoms with Gasteiger partial charge >= 0.3 is 34.1 Å². The van der Waals surface area contributed by atoms with E-state index in [4.69, 9.17) is 10.0 Å². The van der Waals surface area contributed by atoms with Gasteiger partial charge in [-0.05, 0) is 42.0 Å². The average molecular weight is 470 g/mol. The van der Waals surface area contributed by atoms with Gasteiger partial charge in [0.05, 0.1) is 0 Å². The molecule has 0 aliphatic carbocycles. The SMILES string of the molecule is Cc1ccc(C([S+]=O)N(C)C)cc1.Cc1ccc(C([S+]=O)N(C)C)cc1.[O-]B([O-])OF. The van der Waals surface area contributed by atoms with Gasteiger partial charge < -0.3 is 14.9 Å². The van der Waals surface area contributed by atoms with Crippen molar-refractivity contribution >= 4 is 30.7 Å². The van der Waals surface area contributed by atoms with Gasteiger partial charge in [-0.2, -0.15) is 0 Å². The van der Waals surface area contributed by atoms with Crippen LogP contribution in [0.4, 0.5) is 4.53 Å². The van der Waals surface area contributed by atoms with Gasteiger partial charge in [-0.3, -0.25) is 0 Å². The van der Waals surface area contributed by atoms with E-state index >= 15 is 0 Å². The van der Waals surface area contributed by atoms with Crippen LogP contribution in [-0.2, 0) is 36.6 Å². The number of hydrogen-bond acceptors (Lipinski definition) is 7. The molecule has 0 radical (unpaired) electrons. The number of rotatable bonds is 7. The molecule has 11 heteroatoms. The van der Waals surface area contributed by atoms with Crippen molar-refractivity contribution in [3.8, 4) is 0 Å². The Balaban J connectivity index is 0.000000479. The largest absolute Gasteiger partial charge is 0.868 e. The van der Waals surface area contributed by atoms with Gasteiger partial charge in [-0.15, -0.1) is 0 Å². The molecule has 2 rings (SSSR count). The molecule has 2 atom stereocenters. The van der Waals surface area contributed by atoms with Gasteiger partial charge in [-0.25, -0.2) is 9.80 Å². The van der Waals surface area contributed by atoms with E-state index in [-0.39, 0.29) is 10.7 Å². The third-order valence-corrected chi connectivity index (χ3v) is 5.67. The molecule has 2 aromatic carbocycles. The summed E-state index contributed by atoms with van der Waals surface area (Å²) in [4.78, 5) is 5.98. The molecule has 0 N–H and O–H groups in total. The Morgan fingerprint density at radius 1 is 0.774 bits per heavy atom. The second kappa shape index (κ2) is 16.0. The van der Waals surface area contributed by atoms with Crippen molar-refractivity contribution in [3.63, 3.8) is 0 Å². The van der Waals surface area contributed by atoms with Crippen LogP contribution in [0.3, 0.4) is 0 Å². The summed E-state index contributed by atoms with van der Waals surface area (Å²) in [6, 6.07) is 16.1. The fourth-order valence-corrected chi connectivity index (χ4v) is 3.22. The zero-order valence-electron chi connectivity index (χ0n) is 18.5. The third kappa shape index (κ3) is 12.0. The highest BCUT2D eigenvalue weighted by molar-refractivity contribution is 7.66. The lowest BCUT2D eigenvalue weighted by molar-refractivity contribution is -0.403. The van der Waals surface area contributed by atoms with Crippen molar-refractivity contribution in [2.75, 3.05) is 28.2 Å². The summed E-state index contributed by atoms with van der Waals surface area (Å²) in [6.07, 6.45) is 0. The maximum absolute atomic E-state index is 10.8. The summed E-state index contributed by atoms with van der Waals surface area (Å²) in [5.74, 6) is 0. The smallest absolute Gasteiger partial charge is 0.484 e. The Morgan fingerprint density at radius 2 is 1.03 bits per heavy atom. The summed E-state index contributed by atoms with van der Waals surface area (Å²) in [7, 11) is 4.87. The van der Waals surface area contributed by atoms with Crippen LogP contribution in [0.15, 0.2) is 48.5 Å². The molecule has 0 aliphatic rings. The van der Waals surface area contributed by atoms with Crippen LogP contribution >= 0.6 is 0 Å². The lowest BCUT2D eigenvalue weighted by Gasteiger charge is -2.16. The van der Waals surface area contributed by atoms with Gasteiger partial charge in [0.15, 0.2) is 0 Å². The predicted octanol–water partition coefficient (Wildman–Crippen LogP) is 1.56. The Kier molecular flexibility index (Phi) is 15.1. The molecule has 170 valence electrons. The number of halogens is 1. The van der Waals surface area contributed by atoms with E-state index in [1.54, 1.807) is 0 Å². The highest BCUT2D eigenvalue weighted by Crippen LogP contribution is 2.18. The Morgan fingerprint density at radius 3 is 1.19 bits per heavy atom. The van der Waals surface area contributed by atoms with Gasteiger partial charge in [0.2, 0.25) is 0 Å². The quantitative estimate of drug-likeness (QED) is 0.344. The second-order valence-electron chi connectivity index (χ2n) is 7.02. The van der Waals surface area contributed by atoms with Crippen LogP contribution in [0.1, 0.15) is 33.0 Å². The zero-order chi connectivity index (χ0) is 24.0. The van der Waals surface area contributed by atoms with E-state index in [9.17, 15) is 12.9 Å². The van der Waals surface area contributed by atoms with Crippen molar-refractivity contribution in [1.82, 2.24) is 9.80 Å². The molecule has 2 aromatic rings. The lowest BCUT2D eigenvalue weighted by Crippen LogP contribution is -2.45. The maximum Gasteiger partial charge on any atom is 0.484 e. The third-order valence-electron chi connectivity index (χ3n) is 3.92. The first-order valence-electron chi connectivity index (χ1n) is 9.19. The minimum absolute atomic E-state index is 0.0828. The molecule has 0 spiro atoms. The van der Waals surface area contributed by atoms with Gasteiger partial charge in [0.1, 0.15) is 7.32 Å². The molecule has 7 nitrogen and oxygen atoms in total. The fourth-order valence-electron chi connectivity index (χ4n) is 2.34. The van der Waals surface area contributed by atoms with Crippen molar-refractivity contribution in [1.29, 1.82) is 0 Å². The molecule has 31 heavy (non-hydrogen) atoms. The summed E-state index contributed by atoms with van der Waals surface area (Å²) >= 11 is 1.23. The van der Waals surface area contributed by atoms with Crippen molar-refractivity contribution in [2.24, 2.45) is 0 Å². The second-order valence-corrected chi connectivity index (χ2v) is 8.30. The normalized spacial score (nSPS) is 12.1. The Hall–Kier alpha value is -1.73. The van der Waals surface area contributed by atoms with Crippen LogP contribution in [0.2, 0.25) is 0 Å². The molecule has 0 heterocycles. The minimum Gasteiger partial charge on any atom is -0.868 e. The molecule has 0 fully saturated rings. The van der Waals surface area contributed by atoms with Crippen molar-refractivity contribution in [3.05, 3.63) is 70.8 Å². The van der Waals surface area contributed by atoms with Gasteiger partial charge in [-0.1, -0.05) is 64.2 Å². The first-order valence-corrected chi connectivity index (χ1v) is 10.8. The molecule has 0 amide bonds. The Labute approximate surface area is 191 Å². The molecular weight excluding hydrogens is 442 g/mol. The van der Waals surface area contributed by atoms with E-state index in [2.05, 4.69) is 4.86 Å². The average Bonchev–Trinajstić information content (AvgIpc) is 2.72. The Bertz CT molecular complexity index is 704. The summed E-state index contributed by atoms with van der Waals surface area (Å²) < 4.78 is 31.7. The van der Waals surface area contributed by atoms with Crippen LogP contribution in [0.25, 0.3) is 0 Å². The molecule has 2 unspecified atom stereocenters. The van der Waals surface area contributed by atoms with Crippen molar-refractivity contribution in [2.45, 2.75) is 24.6 Å². The van der Waals surface area contributed by atoms with E-state index in [1.165, 1.54) is 11.1 Å². The van der Waals surface area contributed by atoms with E-state index in [0.717, 1.165) is 11.1 Å².